The highest BCUT2D eigenvalue weighted by atomic mass is 79.9. The van der Waals surface area contributed by atoms with E-state index in [1.807, 2.05) is 24.3 Å². The van der Waals surface area contributed by atoms with Crippen LogP contribution in [0.5, 0.6) is 0 Å². The topological polar surface area (TPSA) is 59.5 Å². The molecular weight excluding hydrogens is 413 g/mol. The van der Waals surface area contributed by atoms with Crippen LogP contribution in [0.3, 0.4) is 0 Å². The van der Waals surface area contributed by atoms with Crippen molar-refractivity contribution in [1.29, 1.82) is 0 Å². The lowest BCUT2D eigenvalue weighted by Gasteiger charge is -2.07. The van der Waals surface area contributed by atoms with Gasteiger partial charge in [-0.25, -0.2) is 8.91 Å². The number of aromatic nitrogens is 3. The second-order valence-electron chi connectivity index (χ2n) is 6.14. The molecule has 136 valence electrons. The number of hydrogen-bond acceptors (Lipinski definition) is 3. The van der Waals surface area contributed by atoms with Gasteiger partial charge in [0.1, 0.15) is 11.3 Å². The zero-order valence-corrected chi connectivity index (χ0v) is 15.7. The van der Waals surface area contributed by atoms with Crippen LogP contribution in [0.15, 0.2) is 70.2 Å². The van der Waals surface area contributed by atoms with Gasteiger partial charge in [0, 0.05) is 28.0 Å². The van der Waals surface area contributed by atoms with Gasteiger partial charge >= 0.3 is 0 Å². The van der Waals surface area contributed by atoms with E-state index in [1.54, 1.807) is 29.1 Å². The number of aliphatic hydroxyl groups excluding tert-OH is 1. The summed E-state index contributed by atoms with van der Waals surface area (Å²) < 4.78 is 17.2. The van der Waals surface area contributed by atoms with Gasteiger partial charge in [-0.3, -0.25) is 4.79 Å². The SMILES string of the molecule is O=c1c2c(CO)c(-c3ccc(F)cc3)nn2ccn1Cc1ccc(Br)cc1. The van der Waals surface area contributed by atoms with E-state index in [2.05, 4.69) is 21.0 Å². The Morgan fingerprint density at radius 2 is 1.74 bits per heavy atom. The van der Waals surface area contributed by atoms with Crippen LogP contribution in [0.1, 0.15) is 11.1 Å². The van der Waals surface area contributed by atoms with Crippen LogP contribution in [0.2, 0.25) is 0 Å². The van der Waals surface area contributed by atoms with Gasteiger partial charge in [0.05, 0.1) is 18.8 Å². The van der Waals surface area contributed by atoms with Crippen molar-refractivity contribution in [3.63, 3.8) is 0 Å². The Morgan fingerprint density at radius 1 is 1.04 bits per heavy atom. The largest absolute Gasteiger partial charge is 0.392 e. The predicted octanol–water partition coefficient (Wildman–Crippen LogP) is 3.61. The maximum absolute atomic E-state index is 13.2. The molecule has 0 unspecified atom stereocenters. The first-order valence-electron chi connectivity index (χ1n) is 8.28. The van der Waals surface area contributed by atoms with Gasteiger partial charge in [-0.15, -0.1) is 0 Å². The normalized spacial score (nSPS) is 11.2. The fourth-order valence-corrected chi connectivity index (χ4v) is 3.32. The zero-order valence-electron chi connectivity index (χ0n) is 14.1. The molecule has 2 aromatic heterocycles. The molecular formula is C20H15BrFN3O2. The lowest BCUT2D eigenvalue weighted by Crippen LogP contribution is -2.22. The van der Waals surface area contributed by atoms with E-state index in [4.69, 9.17) is 0 Å². The molecule has 0 aliphatic heterocycles. The molecule has 0 saturated heterocycles. The summed E-state index contributed by atoms with van der Waals surface area (Å²) >= 11 is 3.39. The average Bonchev–Trinajstić information content (AvgIpc) is 3.06. The Balaban J connectivity index is 1.83. The number of nitrogens with zero attached hydrogens (tertiary/aromatic N) is 3. The third-order valence-electron chi connectivity index (χ3n) is 4.40. The first-order valence-corrected chi connectivity index (χ1v) is 9.08. The molecule has 0 atom stereocenters. The number of aliphatic hydroxyl groups is 1. The minimum atomic E-state index is -0.357. The van der Waals surface area contributed by atoms with Gasteiger partial charge in [0.25, 0.3) is 5.56 Å². The van der Waals surface area contributed by atoms with Crippen LogP contribution >= 0.6 is 15.9 Å². The van der Waals surface area contributed by atoms with Gasteiger partial charge < -0.3 is 9.67 Å². The van der Waals surface area contributed by atoms with Crippen molar-refractivity contribution >= 4 is 21.4 Å². The Bertz CT molecular complexity index is 1170. The molecule has 0 fully saturated rings. The molecule has 2 heterocycles. The summed E-state index contributed by atoms with van der Waals surface area (Å²) in [6, 6.07) is 13.5. The van der Waals surface area contributed by atoms with Crippen LogP contribution in [-0.4, -0.2) is 19.3 Å². The minimum absolute atomic E-state index is 0.245. The third kappa shape index (κ3) is 3.31. The fourth-order valence-electron chi connectivity index (χ4n) is 3.05. The second kappa shape index (κ2) is 7.09. The van der Waals surface area contributed by atoms with Crippen LogP contribution in [-0.2, 0) is 13.2 Å². The number of hydrogen-bond donors (Lipinski definition) is 1. The summed E-state index contributed by atoms with van der Waals surface area (Å²) in [6.45, 7) is 0.0677. The predicted molar refractivity (Wildman–Crippen MR) is 104 cm³/mol. The summed E-state index contributed by atoms with van der Waals surface area (Å²) in [7, 11) is 0. The van der Waals surface area contributed by atoms with Crippen molar-refractivity contribution in [2.75, 3.05) is 0 Å². The molecule has 7 heteroatoms. The van der Waals surface area contributed by atoms with Gasteiger partial charge in [0.15, 0.2) is 0 Å². The van der Waals surface area contributed by atoms with E-state index in [0.29, 0.717) is 28.9 Å². The number of rotatable bonds is 4. The van der Waals surface area contributed by atoms with E-state index in [0.717, 1.165) is 10.0 Å². The van der Waals surface area contributed by atoms with E-state index < -0.39 is 0 Å². The summed E-state index contributed by atoms with van der Waals surface area (Å²) in [5, 5.41) is 14.3. The number of fused-ring (bicyclic) bond motifs is 1. The van der Waals surface area contributed by atoms with Crippen LogP contribution in [0.4, 0.5) is 4.39 Å². The lowest BCUT2D eigenvalue weighted by atomic mass is 10.1. The monoisotopic (exact) mass is 427 g/mol. The third-order valence-corrected chi connectivity index (χ3v) is 4.93. The average molecular weight is 428 g/mol. The standard InChI is InChI=1S/C20H15BrFN3O2/c21-15-5-1-13(2-6-15)11-24-9-10-25-19(20(24)27)17(12-26)18(23-25)14-3-7-16(22)8-4-14/h1-10,26H,11-12H2. The van der Waals surface area contributed by atoms with Crippen molar-refractivity contribution in [3.8, 4) is 11.3 Å². The van der Waals surface area contributed by atoms with Gasteiger partial charge in [-0.2, -0.15) is 5.10 Å². The number of halogens is 2. The smallest absolute Gasteiger partial charge is 0.277 e. The maximum atomic E-state index is 13.2. The quantitative estimate of drug-likeness (QED) is 0.541. The maximum Gasteiger partial charge on any atom is 0.277 e. The Hall–Kier alpha value is -2.77. The summed E-state index contributed by atoms with van der Waals surface area (Å²) in [5.74, 6) is -0.357. The molecule has 0 amide bonds. The van der Waals surface area contributed by atoms with E-state index in [9.17, 15) is 14.3 Å². The number of benzene rings is 2. The Kier molecular flexibility index (Phi) is 4.63. The highest BCUT2D eigenvalue weighted by Crippen LogP contribution is 2.25. The van der Waals surface area contributed by atoms with Crippen molar-refractivity contribution in [2.24, 2.45) is 0 Å². The lowest BCUT2D eigenvalue weighted by molar-refractivity contribution is 0.283. The van der Waals surface area contributed by atoms with Crippen LogP contribution < -0.4 is 5.56 Å². The van der Waals surface area contributed by atoms with E-state index >= 15 is 0 Å². The molecule has 0 bridgehead atoms. The Labute approximate surface area is 162 Å². The molecule has 0 saturated carbocycles. The van der Waals surface area contributed by atoms with E-state index in [-0.39, 0.29) is 18.0 Å². The molecule has 4 aromatic rings. The molecule has 2 aromatic carbocycles. The summed E-state index contributed by atoms with van der Waals surface area (Å²) in [5.41, 5.74) is 2.59. The fraction of sp³-hybridized carbons (Fsp3) is 0.100. The molecule has 0 spiro atoms. The van der Waals surface area contributed by atoms with Gasteiger partial charge in [-0.1, -0.05) is 28.1 Å². The molecule has 0 aliphatic carbocycles. The highest BCUT2D eigenvalue weighted by molar-refractivity contribution is 9.10. The summed E-state index contributed by atoms with van der Waals surface area (Å²) in [6.07, 6.45) is 3.35. The van der Waals surface area contributed by atoms with Crippen LogP contribution in [0.25, 0.3) is 16.8 Å². The molecule has 0 aliphatic rings. The second-order valence-corrected chi connectivity index (χ2v) is 7.06. The molecule has 27 heavy (non-hydrogen) atoms. The molecule has 4 rings (SSSR count). The van der Waals surface area contributed by atoms with Gasteiger partial charge in [0.2, 0.25) is 0 Å². The van der Waals surface area contributed by atoms with Crippen molar-refractivity contribution in [3.05, 3.63) is 92.7 Å². The first-order chi connectivity index (χ1) is 13.1. The summed E-state index contributed by atoms with van der Waals surface area (Å²) in [4.78, 5) is 13.0. The van der Waals surface area contributed by atoms with Crippen molar-refractivity contribution in [1.82, 2.24) is 14.2 Å². The van der Waals surface area contributed by atoms with Crippen LogP contribution in [0, 0.1) is 5.82 Å². The van der Waals surface area contributed by atoms with E-state index in [1.165, 1.54) is 16.6 Å². The highest BCUT2D eigenvalue weighted by Gasteiger charge is 2.17. The van der Waals surface area contributed by atoms with Crippen molar-refractivity contribution < 1.29 is 9.50 Å². The minimum Gasteiger partial charge on any atom is -0.392 e. The zero-order chi connectivity index (χ0) is 19.0. The Morgan fingerprint density at radius 3 is 2.41 bits per heavy atom. The molecule has 0 radical (unpaired) electrons. The molecule has 1 N–H and O–H groups in total. The van der Waals surface area contributed by atoms with Crippen molar-refractivity contribution in [2.45, 2.75) is 13.2 Å². The van der Waals surface area contributed by atoms with Gasteiger partial charge in [-0.05, 0) is 42.0 Å². The first kappa shape index (κ1) is 17.6. The molecule has 5 nitrogen and oxygen atoms in total.